The summed E-state index contributed by atoms with van der Waals surface area (Å²) >= 11 is 0. The molecule has 5 heteroatoms. The smallest absolute Gasteiger partial charge is 0.315 e. The van der Waals surface area contributed by atoms with E-state index in [0.29, 0.717) is 12.5 Å². The highest BCUT2D eigenvalue weighted by molar-refractivity contribution is 5.76. The van der Waals surface area contributed by atoms with E-state index in [1.807, 2.05) is 30.3 Å². The Morgan fingerprint density at radius 3 is 2.52 bits per heavy atom. The van der Waals surface area contributed by atoms with Gasteiger partial charge in [0.2, 0.25) is 0 Å². The number of hydrogen-bond donors (Lipinski definition) is 3. The summed E-state index contributed by atoms with van der Waals surface area (Å²) in [5.41, 5.74) is 0.797. The highest BCUT2D eigenvalue weighted by atomic mass is 16.4. The fraction of sp³-hybridized carbons (Fsp3) is 0.500. The molecule has 1 aromatic carbocycles. The van der Waals surface area contributed by atoms with Crippen molar-refractivity contribution in [2.24, 2.45) is 11.8 Å². The second-order valence-corrected chi connectivity index (χ2v) is 5.73. The first kappa shape index (κ1) is 15.4. The highest BCUT2D eigenvalue weighted by Crippen LogP contribution is 2.36. The quantitative estimate of drug-likeness (QED) is 0.722. The Labute approximate surface area is 124 Å². The number of rotatable bonds is 7. The molecule has 3 N–H and O–H groups in total. The van der Waals surface area contributed by atoms with Crippen LogP contribution < -0.4 is 10.6 Å². The summed E-state index contributed by atoms with van der Waals surface area (Å²) in [6, 6.07) is 8.34. The normalized spacial score (nSPS) is 16.8. The maximum Gasteiger partial charge on any atom is 0.315 e. The third kappa shape index (κ3) is 5.10. The van der Waals surface area contributed by atoms with E-state index in [1.54, 1.807) is 0 Å². The average molecular weight is 290 g/mol. The number of carbonyl (C=O) groups excluding carboxylic acids is 1. The number of nitrogens with one attached hydrogen (secondary N) is 2. The molecule has 0 radical (unpaired) electrons. The highest BCUT2D eigenvalue weighted by Gasteiger charge is 2.28. The molecule has 1 saturated carbocycles. The lowest BCUT2D eigenvalue weighted by molar-refractivity contribution is -0.137. The summed E-state index contributed by atoms with van der Waals surface area (Å²) < 4.78 is 0. The van der Waals surface area contributed by atoms with E-state index in [2.05, 4.69) is 17.6 Å². The SMILES string of the molecule is CC(CNC(=O)NC(CC(=O)O)c1ccccc1)C1CC1. The van der Waals surface area contributed by atoms with Crippen molar-refractivity contribution in [2.75, 3.05) is 6.54 Å². The lowest BCUT2D eigenvalue weighted by Crippen LogP contribution is -2.40. The van der Waals surface area contributed by atoms with Gasteiger partial charge in [0, 0.05) is 6.54 Å². The number of carbonyl (C=O) groups is 2. The van der Waals surface area contributed by atoms with Crippen molar-refractivity contribution in [1.29, 1.82) is 0 Å². The van der Waals surface area contributed by atoms with Crippen molar-refractivity contribution in [3.8, 4) is 0 Å². The van der Waals surface area contributed by atoms with Crippen LogP contribution in [0.1, 0.15) is 37.8 Å². The molecule has 0 aromatic heterocycles. The van der Waals surface area contributed by atoms with E-state index in [4.69, 9.17) is 5.11 Å². The van der Waals surface area contributed by atoms with Crippen molar-refractivity contribution in [3.63, 3.8) is 0 Å². The predicted octanol–water partition coefficient (Wildman–Crippen LogP) is 2.55. The van der Waals surface area contributed by atoms with E-state index >= 15 is 0 Å². The predicted molar refractivity (Wildman–Crippen MR) is 79.9 cm³/mol. The standard InChI is InChI=1S/C16H22N2O3/c1-11(12-7-8-12)10-17-16(21)18-14(9-15(19)20)13-5-3-2-4-6-13/h2-6,11-12,14H,7-10H2,1H3,(H,19,20)(H2,17,18,21). The topological polar surface area (TPSA) is 78.4 Å². The largest absolute Gasteiger partial charge is 0.481 e. The van der Waals surface area contributed by atoms with E-state index in [9.17, 15) is 9.59 Å². The van der Waals surface area contributed by atoms with Gasteiger partial charge in [0.05, 0.1) is 12.5 Å². The maximum absolute atomic E-state index is 11.9. The summed E-state index contributed by atoms with van der Waals surface area (Å²) in [7, 11) is 0. The van der Waals surface area contributed by atoms with Crippen LogP contribution in [-0.4, -0.2) is 23.7 Å². The van der Waals surface area contributed by atoms with Crippen molar-refractivity contribution in [2.45, 2.75) is 32.2 Å². The van der Waals surface area contributed by atoms with Gasteiger partial charge in [0.15, 0.2) is 0 Å². The molecule has 0 aliphatic heterocycles. The van der Waals surface area contributed by atoms with E-state index in [1.165, 1.54) is 12.8 Å². The molecule has 2 atom stereocenters. The van der Waals surface area contributed by atoms with Gasteiger partial charge in [-0.2, -0.15) is 0 Å². The van der Waals surface area contributed by atoms with Gasteiger partial charge < -0.3 is 15.7 Å². The second-order valence-electron chi connectivity index (χ2n) is 5.73. The minimum atomic E-state index is -0.935. The van der Waals surface area contributed by atoms with Gasteiger partial charge in [0.1, 0.15) is 0 Å². The summed E-state index contributed by atoms with van der Waals surface area (Å²) in [6.45, 7) is 2.76. The number of benzene rings is 1. The van der Waals surface area contributed by atoms with Crippen molar-refractivity contribution >= 4 is 12.0 Å². The molecular weight excluding hydrogens is 268 g/mol. The molecule has 21 heavy (non-hydrogen) atoms. The van der Waals surface area contributed by atoms with Crippen LogP contribution in [0.2, 0.25) is 0 Å². The molecule has 1 aliphatic carbocycles. The number of aliphatic carboxylic acids is 1. The first-order valence-electron chi connectivity index (χ1n) is 7.37. The Morgan fingerprint density at radius 1 is 1.29 bits per heavy atom. The molecule has 2 rings (SSSR count). The molecule has 2 unspecified atom stereocenters. The fourth-order valence-electron chi connectivity index (χ4n) is 2.41. The minimum Gasteiger partial charge on any atom is -0.481 e. The van der Waals surface area contributed by atoms with Gasteiger partial charge in [-0.15, -0.1) is 0 Å². The first-order chi connectivity index (χ1) is 10.1. The Kier molecular flexibility index (Phi) is 5.20. The zero-order valence-electron chi connectivity index (χ0n) is 12.2. The molecule has 0 saturated heterocycles. The summed E-state index contributed by atoms with van der Waals surface area (Å²) in [5, 5.41) is 14.6. The van der Waals surface area contributed by atoms with Crippen molar-refractivity contribution < 1.29 is 14.7 Å². The van der Waals surface area contributed by atoms with E-state index in [-0.39, 0.29) is 12.5 Å². The van der Waals surface area contributed by atoms with Gasteiger partial charge in [0.25, 0.3) is 0 Å². The zero-order chi connectivity index (χ0) is 15.2. The Hall–Kier alpha value is -2.04. The molecule has 1 aliphatic rings. The number of hydrogen-bond acceptors (Lipinski definition) is 2. The van der Waals surface area contributed by atoms with Crippen LogP contribution in [0, 0.1) is 11.8 Å². The van der Waals surface area contributed by atoms with Crippen LogP contribution in [0.15, 0.2) is 30.3 Å². The lowest BCUT2D eigenvalue weighted by Gasteiger charge is -2.19. The van der Waals surface area contributed by atoms with Gasteiger partial charge in [-0.3, -0.25) is 4.79 Å². The molecule has 0 spiro atoms. The number of carboxylic acids is 1. The van der Waals surface area contributed by atoms with E-state index in [0.717, 1.165) is 11.5 Å². The molecule has 5 nitrogen and oxygen atoms in total. The van der Waals surface area contributed by atoms with Crippen LogP contribution in [-0.2, 0) is 4.79 Å². The zero-order valence-corrected chi connectivity index (χ0v) is 12.2. The lowest BCUT2D eigenvalue weighted by atomic mass is 10.0. The second kappa shape index (κ2) is 7.11. The van der Waals surface area contributed by atoms with Gasteiger partial charge in [-0.05, 0) is 30.2 Å². The molecule has 114 valence electrons. The third-order valence-corrected chi connectivity index (χ3v) is 3.90. The molecule has 2 amide bonds. The monoisotopic (exact) mass is 290 g/mol. The molecule has 0 heterocycles. The van der Waals surface area contributed by atoms with Gasteiger partial charge >= 0.3 is 12.0 Å². The average Bonchev–Trinajstić information content (AvgIpc) is 3.29. The van der Waals surface area contributed by atoms with Crippen molar-refractivity contribution in [1.82, 2.24) is 10.6 Å². The van der Waals surface area contributed by atoms with Crippen molar-refractivity contribution in [3.05, 3.63) is 35.9 Å². The molecule has 1 aromatic rings. The molecule has 1 fully saturated rings. The van der Waals surface area contributed by atoms with E-state index < -0.39 is 12.0 Å². The minimum absolute atomic E-state index is 0.129. The first-order valence-corrected chi connectivity index (χ1v) is 7.37. The number of carboxylic acid groups (broad SMARTS) is 1. The third-order valence-electron chi connectivity index (χ3n) is 3.90. The Balaban J connectivity index is 1.88. The summed E-state index contributed by atoms with van der Waals surface area (Å²) in [4.78, 5) is 22.9. The molecular formula is C16H22N2O3. The molecule has 0 bridgehead atoms. The van der Waals surface area contributed by atoms with Crippen LogP contribution in [0.25, 0.3) is 0 Å². The number of urea groups is 1. The van der Waals surface area contributed by atoms with Crippen LogP contribution in [0.5, 0.6) is 0 Å². The summed E-state index contributed by atoms with van der Waals surface area (Å²) in [6.07, 6.45) is 2.36. The van der Waals surface area contributed by atoms with Crippen LogP contribution >= 0.6 is 0 Å². The van der Waals surface area contributed by atoms with Crippen LogP contribution in [0.4, 0.5) is 4.79 Å². The van der Waals surface area contributed by atoms with Gasteiger partial charge in [-0.1, -0.05) is 37.3 Å². The summed E-state index contributed by atoms with van der Waals surface area (Å²) in [5.74, 6) is 0.273. The number of amides is 2. The Morgan fingerprint density at radius 2 is 1.95 bits per heavy atom. The Bertz CT molecular complexity index is 486. The maximum atomic E-state index is 11.9. The fourth-order valence-corrected chi connectivity index (χ4v) is 2.41. The van der Waals surface area contributed by atoms with Gasteiger partial charge in [-0.25, -0.2) is 4.79 Å². The van der Waals surface area contributed by atoms with Crippen LogP contribution in [0.3, 0.4) is 0 Å².